The number of aromatic nitrogens is 2. The first kappa shape index (κ1) is 13.6. The summed E-state index contributed by atoms with van der Waals surface area (Å²) in [5.74, 6) is 0.227. The Balaban J connectivity index is 2.52. The molecule has 6 heteroatoms. The summed E-state index contributed by atoms with van der Waals surface area (Å²) in [5, 5.41) is 15.1. The largest absolute Gasteiger partial charge is 0.323 e. The molecule has 1 aliphatic rings. The lowest BCUT2D eigenvalue weighted by atomic mass is 9.87. The number of rotatable bonds is 2. The van der Waals surface area contributed by atoms with Gasteiger partial charge in [0.25, 0.3) is 0 Å². The van der Waals surface area contributed by atoms with Gasteiger partial charge in [-0.05, 0) is 6.92 Å². The molecule has 2 amide bonds. The summed E-state index contributed by atoms with van der Waals surface area (Å²) in [4.78, 5) is 13.5. The molecular formula is C13H21N5O. The standard InChI is InChI=1S/C13H21N5O/c1-6-18-9(11(14)15-12(18)19)8-7-17(5)16-10(8)13(2,3)4/h7,9H,6H2,1-5H3,(H2,14,15,19). The molecule has 0 spiro atoms. The van der Waals surface area contributed by atoms with E-state index in [4.69, 9.17) is 5.41 Å². The number of nitrogens with one attached hydrogen (secondary N) is 2. The van der Waals surface area contributed by atoms with Gasteiger partial charge in [-0.15, -0.1) is 0 Å². The van der Waals surface area contributed by atoms with Crippen LogP contribution in [0, 0.1) is 5.41 Å². The summed E-state index contributed by atoms with van der Waals surface area (Å²) < 4.78 is 1.75. The van der Waals surface area contributed by atoms with Crippen LogP contribution in [0.4, 0.5) is 4.79 Å². The quantitative estimate of drug-likeness (QED) is 0.853. The van der Waals surface area contributed by atoms with Crippen molar-refractivity contribution in [3.8, 4) is 0 Å². The third-order valence-corrected chi connectivity index (χ3v) is 3.29. The van der Waals surface area contributed by atoms with E-state index in [0.717, 1.165) is 11.3 Å². The molecule has 2 N–H and O–H groups in total. The lowest BCUT2D eigenvalue weighted by molar-refractivity contribution is 0.208. The minimum Gasteiger partial charge on any atom is -0.310 e. The van der Waals surface area contributed by atoms with Crippen LogP contribution >= 0.6 is 0 Å². The van der Waals surface area contributed by atoms with Crippen LogP contribution in [0.15, 0.2) is 6.20 Å². The lowest BCUT2D eigenvalue weighted by Gasteiger charge is -2.24. The van der Waals surface area contributed by atoms with Gasteiger partial charge in [-0.2, -0.15) is 5.10 Å². The second kappa shape index (κ2) is 4.36. The van der Waals surface area contributed by atoms with Crippen LogP contribution in [-0.4, -0.2) is 33.1 Å². The molecule has 1 saturated heterocycles. The number of carbonyl (C=O) groups excluding carboxylic acids is 1. The molecule has 1 fully saturated rings. The Hall–Kier alpha value is -1.85. The molecule has 0 bridgehead atoms. The Morgan fingerprint density at radius 3 is 2.63 bits per heavy atom. The first-order valence-corrected chi connectivity index (χ1v) is 6.45. The molecule has 1 aromatic rings. The number of amides is 2. The molecule has 1 atom stereocenters. The van der Waals surface area contributed by atoms with Gasteiger partial charge in [0.15, 0.2) is 0 Å². The van der Waals surface area contributed by atoms with Crippen LogP contribution in [0.3, 0.4) is 0 Å². The van der Waals surface area contributed by atoms with Crippen molar-refractivity contribution in [1.29, 1.82) is 5.41 Å². The molecule has 0 radical (unpaired) electrons. The van der Waals surface area contributed by atoms with Crippen LogP contribution < -0.4 is 5.32 Å². The highest BCUT2D eigenvalue weighted by Gasteiger charge is 2.39. The van der Waals surface area contributed by atoms with Crippen molar-refractivity contribution < 1.29 is 4.79 Å². The van der Waals surface area contributed by atoms with Gasteiger partial charge in [-0.25, -0.2) is 4.79 Å². The Bertz CT molecular complexity index is 526. The van der Waals surface area contributed by atoms with Crippen LogP contribution in [0.5, 0.6) is 0 Å². The van der Waals surface area contributed by atoms with Crippen molar-refractivity contribution >= 4 is 11.9 Å². The Kier molecular flexibility index (Phi) is 3.12. The third kappa shape index (κ3) is 2.22. The predicted octanol–water partition coefficient (Wildman–Crippen LogP) is 1.78. The molecule has 104 valence electrons. The molecule has 0 aromatic carbocycles. The first-order chi connectivity index (χ1) is 8.75. The van der Waals surface area contributed by atoms with Crippen LogP contribution in [0.1, 0.15) is 45.0 Å². The Morgan fingerprint density at radius 2 is 2.11 bits per heavy atom. The molecule has 19 heavy (non-hydrogen) atoms. The normalized spacial score (nSPS) is 20.1. The van der Waals surface area contributed by atoms with E-state index < -0.39 is 0 Å². The van der Waals surface area contributed by atoms with Crippen LogP contribution in [0.25, 0.3) is 0 Å². The zero-order valence-electron chi connectivity index (χ0n) is 12.1. The van der Waals surface area contributed by atoms with E-state index in [1.54, 1.807) is 9.58 Å². The van der Waals surface area contributed by atoms with Crippen LogP contribution in [0.2, 0.25) is 0 Å². The molecular weight excluding hydrogens is 242 g/mol. The van der Waals surface area contributed by atoms with Gasteiger partial charge in [-0.3, -0.25) is 15.4 Å². The summed E-state index contributed by atoms with van der Waals surface area (Å²) in [5.41, 5.74) is 1.74. The molecule has 6 nitrogen and oxygen atoms in total. The Morgan fingerprint density at radius 1 is 1.47 bits per heavy atom. The van der Waals surface area contributed by atoms with Crippen molar-refractivity contribution in [2.24, 2.45) is 7.05 Å². The number of nitrogens with zero attached hydrogens (tertiary/aromatic N) is 3. The van der Waals surface area contributed by atoms with E-state index in [1.807, 2.05) is 20.2 Å². The summed E-state index contributed by atoms with van der Waals surface area (Å²) >= 11 is 0. The first-order valence-electron chi connectivity index (χ1n) is 6.45. The third-order valence-electron chi connectivity index (χ3n) is 3.29. The summed E-state index contributed by atoms with van der Waals surface area (Å²) in [6, 6.07) is -0.554. The number of hydrogen-bond acceptors (Lipinski definition) is 3. The smallest absolute Gasteiger partial charge is 0.310 e. The van der Waals surface area contributed by atoms with E-state index in [2.05, 4.69) is 31.2 Å². The van der Waals surface area contributed by atoms with Gasteiger partial charge < -0.3 is 4.90 Å². The second-order valence-corrected chi connectivity index (χ2v) is 5.89. The van der Waals surface area contributed by atoms with E-state index in [0.29, 0.717) is 6.54 Å². The molecule has 1 aromatic heterocycles. The highest BCUT2D eigenvalue weighted by Crippen LogP contribution is 2.33. The minimum atomic E-state index is -0.347. The number of urea groups is 1. The van der Waals surface area contributed by atoms with Gasteiger partial charge in [-0.1, -0.05) is 20.8 Å². The number of amidine groups is 1. The molecule has 0 aliphatic carbocycles. The highest BCUT2D eigenvalue weighted by atomic mass is 16.2. The van der Waals surface area contributed by atoms with Crippen molar-refractivity contribution in [1.82, 2.24) is 20.0 Å². The molecule has 1 unspecified atom stereocenters. The zero-order valence-corrected chi connectivity index (χ0v) is 12.1. The van der Waals surface area contributed by atoms with E-state index in [-0.39, 0.29) is 23.3 Å². The summed E-state index contributed by atoms with van der Waals surface area (Å²) in [6.07, 6.45) is 1.91. The molecule has 2 heterocycles. The zero-order chi connectivity index (χ0) is 14.4. The predicted molar refractivity (Wildman–Crippen MR) is 73.3 cm³/mol. The fourth-order valence-corrected chi connectivity index (χ4v) is 2.47. The minimum absolute atomic E-state index is 0.123. The van der Waals surface area contributed by atoms with E-state index >= 15 is 0 Å². The van der Waals surface area contributed by atoms with E-state index in [9.17, 15) is 4.79 Å². The monoisotopic (exact) mass is 263 g/mol. The average Bonchev–Trinajstić information content (AvgIpc) is 2.77. The van der Waals surface area contributed by atoms with Gasteiger partial charge in [0.1, 0.15) is 11.9 Å². The fraction of sp³-hybridized carbons (Fsp3) is 0.615. The molecule has 0 saturated carbocycles. The van der Waals surface area contributed by atoms with Crippen molar-refractivity contribution in [3.05, 3.63) is 17.5 Å². The number of likely N-dealkylation sites (N-methyl/N-ethyl adjacent to an activating group) is 1. The number of carbonyl (C=O) groups is 1. The molecule has 2 rings (SSSR count). The second-order valence-electron chi connectivity index (χ2n) is 5.89. The van der Waals surface area contributed by atoms with Crippen molar-refractivity contribution in [2.45, 2.75) is 39.2 Å². The lowest BCUT2D eigenvalue weighted by Crippen LogP contribution is -2.30. The fourth-order valence-electron chi connectivity index (χ4n) is 2.47. The molecule has 1 aliphatic heterocycles. The van der Waals surface area contributed by atoms with Crippen LogP contribution in [-0.2, 0) is 12.5 Å². The van der Waals surface area contributed by atoms with E-state index in [1.165, 1.54) is 0 Å². The maximum atomic E-state index is 11.8. The Labute approximate surface area is 113 Å². The van der Waals surface area contributed by atoms with Gasteiger partial charge in [0.2, 0.25) is 0 Å². The summed E-state index contributed by atoms with van der Waals surface area (Å²) in [7, 11) is 1.86. The summed E-state index contributed by atoms with van der Waals surface area (Å²) in [6.45, 7) is 8.74. The van der Waals surface area contributed by atoms with Crippen molar-refractivity contribution in [3.63, 3.8) is 0 Å². The van der Waals surface area contributed by atoms with Gasteiger partial charge in [0, 0.05) is 30.8 Å². The highest BCUT2D eigenvalue weighted by molar-refractivity contribution is 6.06. The maximum absolute atomic E-state index is 11.8. The van der Waals surface area contributed by atoms with Gasteiger partial charge >= 0.3 is 6.03 Å². The topological polar surface area (TPSA) is 74.0 Å². The van der Waals surface area contributed by atoms with Crippen molar-refractivity contribution in [2.75, 3.05) is 6.54 Å². The SMILES string of the molecule is CCN1C(=O)NC(=N)C1c1cn(C)nc1C(C)(C)C. The number of aryl methyl sites for hydroxylation is 1. The van der Waals surface area contributed by atoms with Gasteiger partial charge in [0.05, 0.1) is 5.69 Å². The number of hydrogen-bond donors (Lipinski definition) is 2. The average molecular weight is 263 g/mol. The maximum Gasteiger partial charge on any atom is 0.323 e.